The summed E-state index contributed by atoms with van der Waals surface area (Å²) in [6, 6.07) is 1.72. The number of hydrogen-bond donors (Lipinski definition) is 2. The Hall–Kier alpha value is -1.52. The third-order valence-corrected chi connectivity index (χ3v) is 2.82. The first-order chi connectivity index (χ1) is 7.16. The molecule has 1 aliphatic rings. The zero-order valence-corrected chi connectivity index (χ0v) is 8.86. The van der Waals surface area contributed by atoms with Crippen LogP contribution in [0.15, 0.2) is 10.9 Å². The second-order valence-corrected chi connectivity index (χ2v) is 4.03. The van der Waals surface area contributed by atoms with E-state index >= 15 is 0 Å². The van der Waals surface area contributed by atoms with Crippen molar-refractivity contribution in [2.45, 2.75) is 32.2 Å². The van der Waals surface area contributed by atoms with E-state index in [0.717, 1.165) is 19.4 Å². The van der Waals surface area contributed by atoms with Crippen LogP contribution in [0, 0.1) is 0 Å². The molecule has 0 amide bonds. The molecule has 0 aromatic carbocycles. The molecule has 2 rings (SSSR count). The minimum absolute atomic E-state index is 0.185. The number of nitrogens with two attached hydrogens (primary N) is 1. The molecule has 0 saturated carbocycles. The molecule has 5 nitrogen and oxygen atoms in total. The summed E-state index contributed by atoms with van der Waals surface area (Å²) in [6.07, 6.45) is 3.52. The molecule has 0 bridgehead atoms. The van der Waals surface area contributed by atoms with Crippen molar-refractivity contribution in [1.29, 1.82) is 0 Å². The van der Waals surface area contributed by atoms with E-state index in [4.69, 9.17) is 5.73 Å². The van der Waals surface area contributed by atoms with Gasteiger partial charge in [0.05, 0.1) is 0 Å². The minimum Gasteiger partial charge on any atom is -0.383 e. The van der Waals surface area contributed by atoms with Crippen molar-refractivity contribution in [1.82, 2.24) is 9.97 Å². The Morgan fingerprint density at radius 3 is 3.07 bits per heavy atom. The summed E-state index contributed by atoms with van der Waals surface area (Å²) in [5, 5.41) is 0. The fraction of sp³-hybridized carbons (Fsp3) is 0.600. The molecule has 1 unspecified atom stereocenters. The van der Waals surface area contributed by atoms with E-state index < -0.39 is 0 Å². The summed E-state index contributed by atoms with van der Waals surface area (Å²) in [6.45, 7) is 3.08. The highest BCUT2D eigenvalue weighted by Gasteiger charge is 2.20. The van der Waals surface area contributed by atoms with Gasteiger partial charge in [-0.1, -0.05) is 0 Å². The molecule has 3 N–H and O–H groups in total. The number of nitrogens with one attached hydrogen (secondary N) is 1. The third-order valence-electron chi connectivity index (χ3n) is 2.82. The van der Waals surface area contributed by atoms with Crippen LogP contribution in [0.25, 0.3) is 0 Å². The summed E-state index contributed by atoms with van der Waals surface area (Å²) in [5.41, 5.74) is 5.37. The number of H-pyrrole nitrogens is 1. The zero-order chi connectivity index (χ0) is 10.8. The van der Waals surface area contributed by atoms with Gasteiger partial charge in [0.2, 0.25) is 5.95 Å². The first kappa shape index (κ1) is 10.0. The van der Waals surface area contributed by atoms with Gasteiger partial charge in [0, 0.05) is 18.7 Å². The Bertz CT molecular complexity index is 401. The number of hydrogen-bond acceptors (Lipinski definition) is 4. The highest BCUT2D eigenvalue weighted by atomic mass is 16.1. The highest BCUT2D eigenvalue weighted by molar-refractivity contribution is 5.38. The van der Waals surface area contributed by atoms with E-state index in [1.807, 2.05) is 0 Å². The monoisotopic (exact) mass is 208 g/mol. The van der Waals surface area contributed by atoms with E-state index in [1.54, 1.807) is 0 Å². The van der Waals surface area contributed by atoms with Crippen molar-refractivity contribution >= 4 is 11.8 Å². The van der Waals surface area contributed by atoms with Gasteiger partial charge in [-0.3, -0.25) is 9.78 Å². The number of rotatable bonds is 1. The number of nitrogen functional groups attached to an aromatic ring is 1. The zero-order valence-electron chi connectivity index (χ0n) is 8.86. The first-order valence-electron chi connectivity index (χ1n) is 5.30. The molecule has 0 aliphatic carbocycles. The smallest absolute Gasteiger partial charge is 0.254 e. The molecule has 0 spiro atoms. The van der Waals surface area contributed by atoms with Crippen LogP contribution in [0.4, 0.5) is 11.8 Å². The molecule has 1 fully saturated rings. The largest absolute Gasteiger partial charge is 0.383 e. The summed E-state index contributed by atoms with van der Waals surface area (Å²) in [5.74, 6) is 0.888. The van der Waals surface area contributed by atoms with Crippen LogP contribution < -0.4 is 16.2 Å². The predicted molar refractivity (Wildman–Crippen MR) is 59.9 cm³/mol. The molecule has 1 aliphatic heterocycles. The van der Waals surface area contributed by atoms with Crippen molar-refractivity contribution < 1.29 is 0 Å². The summed E-state index contributed by atoms with van der Waals surface area (Å²) in [4.78, 5) is 20.3. The van der Waals surface area contributed by atoms with Crippen molar-refractivity contribution in [3.8, 4) is 0 Å². The maximum absolute atomic E-state index is 11.3. The van der Waals surface area contributed by atoms with Crippen molar-refractivity contribution in [3.63, 3.8) is 0 Å². The van der Waals surface area contributed by atoms with Gasteiger partial charge in [-0.2, -0.15) is 4.98 Å². The fourth-order valence-corrected chi connectivity index (χ4v) is 2.01. The molecule has 2 heterocycles. The lowest BCUT2D eigenvalue weighted by Gasteiger charge is -2.33. The van der Waals surface area contributed by atoms with E-state index in [2.05, 4.69) is 21.8 Å². The molecule has 15 heavy (non-hydrogen) atoms. The standard InChI is InChI=1S/C10H16N4O/c1-7-4-2-3-5-14(7)10-12-8(11)6-9(15)13-10/h6-7H,2-5H2,1H3,(H3,11,12,13,15). The van der Waals surface area contributed by atoms with Crippen LogP contribution in [0.5, 0.6) is 0 Å². The third kappa shape index (κ3) is 2.11. The Balaban J connectivity index is 2.31. The topological polar surface area (TPSA) is 75.0 Å². The normalized spacial score (nSPS) is 21.7. The Morgan fingerprint density at radius 2 is 2.40 bits per heavy atom. The second kappa shape index (κ2) is 3.92. The summed E-state index contributed by atoms with van der Waals surface area (Å²) < 4.78 is 0. The number of anilines is 2. The van der Waals surface area contributed by atoms with Crippen LogP contribution in [-0.2, 0) is 0 Å². The Kier molecular flexibility index (Phi) is 2.62. The van der Waals surface area contributed by atoms with Crippen LogP contribution in [0.1, 0.15) is 26.2 Å². The van der Waals surface area contributed by atoms with Crippen molar-refractivity contribution in [3.05, 3.63) is 16.4 Å². The van der Waals surface area contributed by atoms with Gasteiger partial charge >= 0.3 is 0 Å². The number of aromatic amines is 1. The minimum atomic E-state index is -0.185. The van der Waals surface area contributed by atoms with Crippen LogP contribution in [0.2, 0.25) is 0 Å². The Morgan fingerprint density at radius 1 is 1.60 bits per heavy atom. The van der Waals surface area contributed by atoms with E-state index in [-0.39, 0.29) is 11.4 Å². The number of piperidine rings is 1. The molecular formula is C10H16N4O. The van der Waals surface area contributed by atoms with Gasteiger partial charge in [0.1, 0.15) is 5.82 Å². The quantitative estimate of drug-likeness (QED) is 0.713. The average molecular weight is 208 g/mol. The van der Waals surface area contributed by atoms with Gasteiger partial charge in [-0.15, -0.1) is 0 Å². The molecule has 1 aromatic heterocycles. The molecule has 82 valence electrons. The van der Waals surface area contributed by atoms with Gasteiger partial charge in [0.25, 0.3) is 5.56 Å². The fourth-order valence-electron chi connectivity index (χ4n) is 2.01. The van der Waals surface area contributed by atoms with Gasteiger partial charge in [0.15, 0.2) is 0 Å². The van der Waals surface area contributed by atoms with Crippen LogP contribution in [0.3, 0.4) is 0 Å². The highest BCUT2D eigenvalue weighted by Crippen LogP contribution is 2.20. The number of nitrogens with zero attached hydrogens (tertiary/aromatic N) is 2. The lowest BCUT2D eigenvalue weighted by Crippen LogP contribution is -2.39. The maximum atomic E-state index is 11.3. The lowest BCUT2D eigenvalue weighted by atomic mass is 10.0. The molecular weight excluding hydrogens is 192 g/mol. The van der Waals surface area contributed by atoms with Crippen molar-refractivity contribution in [2.24, 2.45) is 0 Å². The van der Waals surface area contributed by atoms with Gasteiger partial charge in [-0.05, 0) is 26.2 Å². The first-order valence-corrected chi connectivity index (χ1v) is 5.30. The molecule has 1 saturated heterocycles. The van der Waals surface area contributed by atoms with E-state index in [1.165, 1.54) is 12.5 Å². The Labute approximate surface area is 88.3 Å². The molecule has 5 heteroatoms. The predicted octanol–water partition coefficient (Wildman–Crippen LogP) is 0.731. The average Bonchev–Trinajstić information content (AvgIpc) is 2.16. The van der Waals surface area contributed by atoms with Gasteiger partial charge in [-0.25, -0.2) is 0 Å². The molecule has 0 radical (unpaired) electrons. The molecule has 1 aromatic rings. The maximum Gasteiger partial charge on any atom is 0.254 e. The molecule has 1 atom stereocenters. The van der Waals surface area contributed by atoms with E-state index in [0.29, 0.717) is 12.0 Å². The summed E-state index contributed by atoms with van der Waals surface area (Å²) >= 11 is 0. The van der Waals surface area contributed by atoms with Gasteiger partial charge < -0.3 is 10.6 Å². The van der Waals surface area contributed by atoms with Crippen LogP contribution in [-0.4, -0.2) is 22.6 Å². The SMILES string of the molecule is CC1CCCCN1c1nc(N)cc(=O)[nH]1. The lowest BCUT2D eigenvalue weighted by molar-refractivity contribution is 0.477. The number of aromatic nitrogens is 2. The second-order valence-electron chi connectivity index (χ2n) is 4.03. The summed E-state index contributed by atoms with van der Waals surface area (Å²) in [7, 11) is 0. The van der Waals surface area contributed by atoms with E-state index in [9.17, 15) is 4.79 Å². The van der Waals surface area contributed by atoms with Crippen LogP contribution >= 0.6 is 0 Å². The van der Waals surface area contributed by atoms with Crippen molar-refractivity contribution in [2.75, 3.05) is 17.2 Å².